The molecule has 0 aliphatic carbocycles. The zero-order valence-corrected chi connectivity index (χ0v) is 11.5. The lowest BCUT2D eigenvalue weighted by atomic mass is 10.1. The van der Waals surface area contributed by atoms with Gasteiger partial charge in [-0.1, -0.05) is 12.1 Å². The average Bonchev–Trinajstić information content (AvgIpc) is 2.30. The number of nitrogens with one attached hydrogen (secondary N) is 1. The van der Waals surface area contributed by atoms with E-state index in [0.29, 0.717) is 17.8 Å². The van der Waals surface area contributed by atoms with Gasteiger partial charge in [-0.25, -0.2) is 13.2 Å². The molecule has 0 saturated carbocycles. The molecule has 2 rings (SSSR count). The molecule has 98 valence electrons. The third-order valence-corrected chi connectivity index (χ3v) is 3.30. The number of hydrogen-bond acceptors (Lipinski definition) is 1. The molecule has 0 aliphatic rings. The van der Waals surface area contributed by atoms with Crippen LogP contribution in [0.3, 0.4) is 0 Å². The van der Waals surface area contributed by atoms with Crippen LogP contribution in [0, 0.1) is 21.0 Å². The molecule has 0 unspecified atom stereocenters. The second-order valence-corrected chi connectivity index (χ2v) is 4.84. The van der Waals surface area contributed by atoms with Gasteiger partial charge >= 0.3 is 0 Å². The third kappa shape index (κ3) is 3.06. The summed E-state index contributed by atoms with van der Waals surface area (Å²) in [7, 11) is 0. The summed E-state index contributed by atoms with van der Waals surface area (Å²) in [5, 5.41) is 2.38. The predicted octanol–water partition coefficient (Wildman–Crippen LogP) is 3.96. The smallest absolute Gasteiger partial charge is 0.261 e. The van der Waals surface area contributed by atoms with Crippen LogP contribution in [0.4, 0.5) is 18.9 Å². The first-order valence-corrected chi connectivity index (χ1v) is 6.27. The van der Waals surface area contributed by atoms with Crippen LogP contribution in [0.25, 0.3) is 0 Å². The Bertz CT molecular complexity index is 623. The number of benzene rings is 2. The first kappa shape index (κ1) is 13.9. The zero-order valence-electron chi connectivity index (χ0n) is 9.38. The fourth-order valence-electron chi connectivity index (χ4n) is 1.51. The van der Waals surface area contributed by atoms with Crippen LogP contribution in [-0.2, 0) is 0 Å². The summed E-state index contributed by atoms with van der Waals surface area (Å²) in [5.41, 5.74) is -0.378. The van der Waals surface area contributed by atoms with E-state index in [-0.39, 0.29) is 0 Å². The van der Waals surface area contributed by atoms with E-state index in [4.69, 9.17) is 0 Å². The van der Waals surface area contributed by atoms with Crippen LogP contribution in [0.15, 0.2) is 36.4 Å². The Kier molecular flexibility index (Phi) is 4.08. The van der Waals surface area contributed by atoms with E-state index in [9.17, 15) is 18.0 Å². The first-order valence-electron chi connectivity index (χ1n) is 5.19. The minimum Gasteiger partial charge on any atom is -0.321 e. The molecule has 1 amide bonds. The van der Waals surface area contributed by atoms with Crippen LogP contribution in [0.5, 0.6) is 0 Å². The van der Waals surface area contributed by atoms with Crippen LogP contribution >= 0.6 is 22.6 Å². The lowest BCUT2D eigenvalue weighted by Crippen LogP contribution is -2.16. The van der Waals surface area contributed by atoms with E-state index in [0.717, 1.165) is 3.57 Å². The summed E-state index contributed by atoms with van der Waals surface area (Å²) in [5.74, 6) is -4.50. The highest BCUT2D eigenvalue weighted by Gasteiger charge is 2.19. The highest BCUT2D eigenvalue weighted by atomic mass is 127. The van der Waals surface area contributed by atoms with Gasteiger partial charge in [-0.15, -0.1) is 0 Å². The van der Waals surface area contributed by atoms with Crippen molar-refractivity contribution >= 4 is 34.2 Å². The molecule has 2 aromatic carbocycles. The van der Waals surface area contributed by atoms with Crippen LogP contribution < -0.4 is 5.32 Å². The molecule has 0 bridgehead atoms. The molecule has 1 N–H and O–H groups in total. The fraction of sp³-hybridized carbons (Fsp3) is 0. The second-order valence-electron chi connectivity index (χ2n) is 3.68. The normalized spacial score (nSPS) is 10.3. The molecule has 19 heavy (non-hydrogen) atoms. The number of hydrogen-bond donors (Lipinski definition) is 1. The lowest BCUT2D eigenvalue weighted by Gasteiger charge is -2.08. The number of halogens is 4. The number of anilines is 1. The van der Waals surface area contributed by atoms with Crippen molar-refractivity contribution in [3.05, 3.63) is 63.0 Å². The summed E-state index contributed by atoms with van der Waals surface area (Å²) < 4.78 is 40.3. The maximum atomic E-state index is 13.4. The average molecular weight is 377 g/mol. The van der Waals surface area contributed by atoms with Gasteiger partial charge in [0.2, 0.25) is 0 Å². The predicted molar refractivity (Wildman–Crippen MR) is 73.4 cm³/mol. The van der Waals surface area contributed by atoms with E-state index in [2.05, 4.69) is 5.32 Å². The summed E-state index contributed by atoms with van der Waals surface area (Å²) in [6.45, 7) is 0. The van der Waals surface area contributed by atoms with Gasteiger partial charge in [0.15, 0.2) is 0 Å². The molecule has 0 atom stereocenters. The monoisotopic (exact) mass is 377 g/mol. The standard InChI is InChI=1S/C13H7F3INO/c14-7-5-8(15)12(9(16)6-7)13(19)18-11-4-2-1-3-10(11)17/h1-6H,(H,18,19). The van der Waals surface area contributed by atoms with Crippen molar-refractivity contribution in [1.29, 1.82) is 0 Å². The van der Waals surface area contributed by atoms with Crippen molar-refractivity contribution in [3.63, 3.8) is 0 Å². The molecular formula is C13H7F3INO. The van der Waals surface area contributed by atoms with Crippen molar-refractivity contribution in [2.45, 2.75) is 0 Å². The van der Waals surface area contributed by atoms with Gasteiger partial charge in [0, 0.05) is 15.7 Å². The first-order chi connectivity index (χ1) is 8.99. The molecule has 0 spiro atoms. The fourth-order valence-corrected chi connectivity index (χ4v) is 2.03. The van der Waals surface area contributed by atoms with Gasteiger partial charge in [-0.2, -0.15) is 0 Å². The van der Waals surface area contributed by atoms with Crippen LogP contribution in [0.2, 0.25) is 0 Å². The van der Waals surface area contributed by atoms with Crippen molar-refractivity contribution < 1.29 is 18.0 Å². The van der Waals surface area contributed by atoms with Crippen molar-refractivity contribution in [2.75, 3.05) is 5.32 Å². The Morgan fingerprint density at radius 3 is 2.21 bits per heavy atom. The SMILES string of the molecule is O=C(Nc1ccccc1I)c1c(F)cc(F)cc1F. The minimum absolute atomic E-state index is 0.427. The number of carbonyl (C=O) groups excluding carboxylic acids is 1. The number of para-hydroxylation sites is 1. The number of amides is 1. The van der Waals surface area contributed by atoms with E-state index in [1.54, 1.807) is 24.3 Å². The molecule has 6 heteroatoms. The molecule has 0 saturated heterocycles. The maximum Gasteiger partial charge on any atom is 0.261 e. The number of rotatable bonds is 2. The minimum atomic E-state index is -1.24. The third-order valence-electron chi connectivity index (χ3n) is 2.36. The highest BCUT2D eigenvalue weighted by molar-refractivity contribution is 14.1. The van der Waals surface area contributed by atoms with E-state index in [1.165, 1.54) is 0 Å². The second kappa shape index (κ2) is 5.60. The van der Waals surface area contributed by atoms with Gasteiger partial charge < -0.3 is 5.32 Å². The highest BCUT2D eigenvalue weighted by Crippen LogP contribution is 2.20. The summed E-state index contributed by atoms with van der Waals surface area (Å²) in [4.78, 5) is 11.8. The number of carbonyl (C=O) groups is 1. The summed E-state index contributed by atoms with van der Waals surface area (Å²) in [6, 6.07) is 7.69. The van der Waals surface area contributed by atoms with Crippen LogP contribution in [-0.4, -0.2) is 5.91 Å². The van der Waals surface area contributed by atoms with E-state index >= 15 is 0 Å². The van der Waals surface area contributed by atoms with Gasteiger partial charge in [-0.05, 0) is 34.7 Å². The molecule has 0 heterocycles. The van der Waals surface area contributed by atoms with Gasteiger partial charge in [-0.3, -0.25) is 4.79 Å². The van der Waals surface area contributed by atoms with E-state index in [1.807, 2.05) is 22.6 Å². The topological polar surface area (TPSA) is 29.1 Å². The Morgan fingerprint density at radius 1 is 1.05 bits per heavy atom. The quantitative estimate of drug-likeness (QED) is 0.789. The molecule has 0 fully saturated rings. The van der Waals surface area contributed by atoms with Gasteiger partial charge in [0.1, 0.15) is 23.0 Å². The lowest BCUT2D eigenvalue weighted by molar-refractivity contribution is 0.101. The maximum absolute atomic E-state index is 13.4. The molecule has 2 aromatic rings. The molecular weight excluding hydrogens is 370 g/mol. The summed E-state index contributed by atoms with van der Waals surface area (Å²) >= 11 is 1.97. The molecule has 0 aromatic heterocycles. The van der Waals surface area contributed by atoms with Gasteiger partial charge in [0.05, 0.1) is 5.69 Å². The largest absolute Gasteiger partial charge is 0.321 e. The van der Waals surface area contributed by atoms with Gasteiger partial charge in [0.25, 0.3) is 5.91 Å². The Hall–Kier alpha value is -1.57. The zero-order chi connectivity index (χ0) is 14.0. The Morgan fingerprint density at radius 2 is 1.63 bits per heavy atom. The molecule has 0 radical (unpaired) electrons. The Balaban J connectivity index is 2.34. The van der Waals surface area contributed by atoms with E-state index < -0.39 is 28.9 Å². The van der Waals surface area contributed by atoms with Crippen molar-refractivity contribution in [2.24, 2.45) is 0 Å². The van der Waals surface area contributed by atoms with Crippen molar-refractivity contribution in [3.8, 4) is 0 Å². The summed E-state index contributed by atoms with van der Waals surface area (Å²) in [6.07, 6.45) is 0. The van der Waals surface area contributed by atoms with Crippen LogP contribution in [0.1, 0.15) is 10.4 Å². The Labute approximate surface area is 120 Å². The molecule has 2 nitrogen and oxygen atoms in total. The molecule has 0 aliphatic heterocycles. The van der Waals surface area contributed by atoms with Crippen molar-refractivity contribution in [1.82, 2.24) is 0 Å².